The molecule has 4 heteroatoms. The highest BCUT2D eigenvalue weighted by molar-refractivity contribution is 5.93. The summed E-state index contributed by atoms with van der Waals surface area (Å²) in [7, 11) is 0. The Labute approximate surface area is 84.1 Å². The van der Waals surface area contributed by atoms with Crippen LogP contribution in [0.1, 0.15) is 37.8 Å². The fourth-order valence-electron chi connectivity index (χ4n) is 1.31. The maximum Gasteiger partial charge on any atom is 0.200 e. The highest BCUT2D eigenvalue weighted by Crippen LogP contribution is 2.09. The Bertz CT molecular complexity index is 322. The van der Waals surface area contributed by atoms with Crippen LogP contribution < -0.4 is 5.73 Å². The molecule has 0 aliphatic carbocycles. The maximum atomic E-state index is 11.7. The fourth-order valence-corrected chi connectivity index (χ4v) is 1.31. The van der Waals surface area contributed by atoms with Crippen molar-refractivity contribution < 1.29 is 4.79 Å². The molecule has 0 atom stereocenters. The molecule has 0 saturated carbocycles. The molecule has 0 spiro atoms. The molecule has 0 saturated heterocycles. The summed E-state index contributed by atoms with van der Waals surface area (Å²) in [5.74, 6) is 0.510. The van der Waals surface area contributed by atoms with Crippen LogP contribution >= 0.6 is 0 Å². The highest BCUT2D eigenvalue weighted by atomic mass is 16.1. The molecule has 2 N–H and O–H groups in total. The van der Waals surface area contributed by atoms with Crippen molar-refractivity contribution in [3.8, 4) is 0 Å². The zero-order valence-electron chi connectivity index (χ0n) is 8.95. The van der Waals surface area contributed by atoms with E-state index in [0.717, 1.165) is 6.54 Å². The van der Waals surface area contributed by atoms with Crippen LogP contribution in [0.2, 0.25) is 0 Å². The summed E-state index contributed by atoms with van der Waals surface area (Å²) < 4.78 is 1.83. The number of aromatic nitrogens is 2. The van der Waals surface area contributed by atoms with Gasteiger partial charge in [0.15, 0.2) is 11.6 Å². The van der Waals surface area contributed by atoms with E-state index in [1.54, 1.807) is 12.4 Å². The summed E-state index contributed by atoms with van der Waals surface area (Å²) in [6, 6.07) is 0. The molecule has 0 aromatic carbocycles. The Morgan fingerprint density at radius 3 is 2.79 bits per heavy atom. The molecule has 1 aromatic rings. The van der Waals surface area contributed by atoms with E-state index in [9.17, 15) is 4.79 Å². The predicted molar refractivity (Wildman–Crippen MR) is 55.1 cm³/mol. The van der Waals surface area contributed by atoms with Gasteiger partial charge in [0.2, 0.25) is 0 Å². The van der Waals surface area contributed by atoms with Gasteiger partial charge in [-0.3, -0.25) is 4.79 Å². The Hall–Kier alpha value is -1.16. The van der Waals surface area contributed by atoms with E-state index in [1.807, 2.05) is 25.3 Å². The molecule has 14 heavy (non-hydrogen) atoms. The van der Waals surface area contributed by atoms with Gasteiger partial charge in [0.1, 0.15) is 0 Å². The van der Waals surface area contributed by atoms with E-state index < -0.39 is 5.54 Å². The molecule has 0 bridgehead atoms. The number of imidazole rings is 1. The minimum absolute atomic E-state index is 0.00403. The molecule has 78 valence electrons. The SMILES string of the molecule is CCn1ccnc1C(=O)CC(C)(C)N. The van der Waals surface area contributed by atoms with E-state index >= 15 is 0 Å². The third kappa shape index (κ3) is 2.67. The number of hydrogen-bond acceptors (Lipinski definition) is 3. The van der Waals surface area contributed by atoms with Gasteiger partial charge in [-0.2, -0.15) is 0 Å². The Morgan fingerprint density at radius 2 is 2.29 bits per heavy atom. The second-order valence-corrected chi connectivity index (χ2v) is 4.13. The lowest BCUT2D eigenvalue weighted by atomic mass is 9.99. The zero-order valence-corrected chi connectivity index (χ0v) is 8.95. The van der Waals surface area contributed by atoms with Crippen LogP contribution in [0.5, 0.6) is 0 Å². The van der Waals surface area contributed by atoms with Crippen molar-refractivity contribution in [3.63, 3.8) is 0 Å². The number of Topliss-reactive ketones (excluding diaryl/α,β-unsaturated/α-hetero) is 1. The van der Waals surface area contributed by atoms with Gasteiger partial charge in [0.05, 0.1) is 0 Å². The molecule has 1 heterocycles. The average molecular weight is 195 g/mol. The van der Waals surface area contributed by atoms with Gasteiger partial charge in [-0.25, -0.2) is 4.98 Å². The third-order valence-electron chi connectivity index (χ3n) is 1.92. The third-order valence-corrected chi connectivity index (χ3v) is 1.92. The van der Waals surface area contributed by atoms with E-state index in [-0.39, 0.29) is 5.78 Å². The van der Waals surface area contributed by atoms with E-state index in [0.29, 0.717) is 12.2 Å². The van der Waals surface area contributed by atoms with Crippen molar-refractivity contribution >= 4 is 5.78 Å². The number of carbonyl (C=O) groups is 1. The summed E-state index contributed by atoms with van der Waals surface area (Å²) >= 11 is 0. The number of aryl methyl sites for hydroxylation is 1. The summed E-state index contributed by atoms with van der Waals surface area (Å²) in [5.41, 5.74) is 5.31. The maximum absolute atomic E-state index is 11.7. The van der Waals surface area contributed by atoms with Crippen molar-refractivity contribution in [2.24, 2.45) is 5.73 Å². The second-order valence-electron chi connectivity index (χ2n) is 4.13. The number of nitrogens with two attached hydrogens (primary N) is 1. The second kappa shape index (κ2) is 3.92. The number of rotatable bonds is 4. The predicted octanol–water partition coefficient (Wildman–Crippen LogP) is 1.21. The van der Waals surface area contributed by atoms with Gasteiger partial charge < -0.3 is 10.3 Å². The minimum atomic E-state index is -0.471. The highest BCUT2D eigenvalue weighted by Gasteiger charge is 2.20. The van der Waals surface area contributed by atoms with Crippen LogP contribution in [-0.4, -0.2) is 20.9 Å². The topological polar surface area (TPSA) is 60.9 Å². The first-order valence-electron chi connectivity index (χ1n) is 4.77. The molecule has 1 aromatic heterocycles. The van der Waals surface area contributed by atoms with Crippen LogP contribution in [0.15, 0.2) is 12.4 Å². The molecule has 0 unspecified atom stereocenters. The van der Waals surface area contributed by atoms with Crippen LogP contribution in [0.4, 0.5) is 0 Å². The van der Waals surface area contributed by atoms with Gasteiger partial charge in [-0.05, 0) is 20.8 Å². The van der Waals surface area contributed by atoms with Gasteiger partial charge in [-0.15, -0.1) is 0 Å². The van der Waals surface area contributed by atoms with Crippen LogP contribution in [-0.2, 0) is 6.54 Å². The van der Waals surface area contributed by atoms with E-state index in [4.69, 9.17) is 5.73 Å². The van der Waals surface area contributed by atoms with Crippen molar-refractivity contribution in [1.82, 2.24) is 9.55 Å². The molecule has 0 fully saturated rings. The Morgan fingerprint density at radius 1 is 1.64 bits per heavy atom. The summed E-state index contributed by atoms with van der Waals surface area (Å²) in [6.45, 7) is 6.41. The molecule has 0 aliphatic heterocycles. The van der Waals surface area contributed by atoms with Gasteiger partial charge >= 0.3 is 0 Å². The first kappa shape index (κ1) is 10.9. The van der Waals surface area contributed by atoms with E-state index in [1.165, 1.54) is 0 Å². The van der Waals surface area contributed by atoms with Crippen molar-refractivity contribution in [2.75, 3.05) is 0 Å². The quantitative estimate of drug-likeness (QED) is 0.735. The zero-order chi connectivity index (χ0) is 10.8. The minimum Gasteiger partial charge on any atom is -0.329 e. The van der Waals surface area contributed by atoms with Crippen molar-refractivity contribution in [2.45, 2.75) is 39.3 Å². The molecule has 0 amide bonds. The first-order chi connectivity index (χ1) is 6.44. The normalized spacial score (nSPS) is 11.7. The molecule has 0 radical (unpaired) electrons. The standard InChI is InChI=1S/C10H17N3O/c1-4-13-6-5-12-9(13)8(14)7-10(2,3)11/h5-6H,4,7,11H2,1-3H3. The van der Waals surface area contributed by atoms with Crippen molar-refractivity contribution in [3.05, 3.63) is 18.2 Å². The van der Waals surface area contributed by atoms with Crippen LogP contribution in [0.3, 0.4) is 0 Å². The molecular weight excluding hydrogens is 178 g/mol. The van der Waals surface area contributed by atoms with Gasteiger partial charge in [0, 0.05) is 30.9 Å². The number of ketones is 1. The Kier molecular flexibility index (Phi) is 3.06. The largest absolute Gasteiger partial charge is 0.329 e. The van der Waals surface area contributed by atoms with Crippen molar-refractivity contribution in [1.29, 1.82) is 0 Å². The van der Waals surface area contributed by atoms with Crippen LogP contribution in [0.25, 0.3) is 0 Å². The molecule has 4 nitrogen and oxygen atoms in total. The number of carbonyl (C=O) groups excluding carboxylic acids is 1. The van der Waals surface area contributed by atoms with E-state index in [2.05, 4.69) is 4.98 Å². The van der Waals surface area contributed by atoms with Gasteiger partial charge in [0.25, 0.3) is 0 Å². The molecular formula is C10H17N3O. The van der Waals surface area contributed by atoms with Crippen LogP contribution in [0, 0.1) is 0 Å². The summed E-state index contributed by atoms with van der Waals surface area (Å²) in [5, 5.41) is 0. The lowest BCUT2D eigenvalue weighted by molar-refractivity contribution is 0.0946. The first-order valence-corrected chi connectivity index (χ1v) is 4.77. The average Bonchev–Trinajstić information content (AvgIpc) is 2.47. The molecule has 1 rings (SSSR count). The monoisotopic (exact) mass is 195 g/mol. The Balaban J connectivity index is 2.80. The summed E-state index contributed by atoms with van der Waals surface area (Å²) in [6.07, 6.45) is 3.76. The number of nitrogens with zero attached hydrogens (tertiary/aromatic N) is 2. The lowest BCUT2D eigenvalue weighted by Crippen LogP contribution is -2.35. The lowest BCUT2D eigenvalue weighted by Gasteiger charge is -2.16. The number of hydrogen-bond donors (Lipinski definition) is 1. The summed E-state index contributed by atoms with van der Waals surface area (Å²) in [4.78, 5) is 15.8. The van der Waals surface area contributed by atoms with Gasteiger partial charge in [-0.1, -0.05) is 0 Å². The fraction of sp³-hybridized carbons (Fsp3) is 0.600. The molecule has 0 aliphatic rings. The smallest absolute Gasteiger partial charge is 0.200 e.